The van der Waals surface area contributed by atoms with Crippen LogP contribution >= 0.6 is 0 Å². The first-order valence-electron chi connectivity index (χ1n) is 22.6. The molecule has 4 saturated carbocycles. The van der Waals surface area contributed by atoms with Crippen LogP contribution in [0.15, 0.2) is 200 Å². The Balaban J connectivity index is 1.03. The molecule has 61 heavy (non-hydrogen) atoms. The van der Waals surface area contributed by atoms with Gasteiger partial charge in [-0.25, -0.2) is 0 Å². The highest BCUT2D eigenvalue weighted by Crippen LogP contribution is 2.61. The molecule has 0 heterocycles. The maximum absolute atomic E-state index is 2.51. The molecule has 13 rings (SSSR count). The summed E-state index contributed by atoms with van der Waals surface area (Å²) in [5.41, 5.74) is 19.1. The molecule has 5 aliphatic rings. The second-order valence-corrected chi connectivity index (χ2v) is 18.7. The lowest BCUT2D eigenvalue weighted by atomic mass is 9.48. The minimum atomic E-state index is -0.478. The Labute approximate surface area is 361 Å². The van der Waals surface area contributed by atoms with Crippen LogP contribution in [0.2, 0.25) is 0 Å². The van der Waals surface area contributed by atoms with Crippen LogP contribution in [0.3, 0.4) is 0 Å². The maximum Gasteiger partial charge on any atom is 0.0714 e. The molecule has 296 valence electrons. The SMILES string of the molecule is Cc1cccc2c1-c1ccc(N(c3ccc(-c4ccccc4-c4ccccc4)cc3)c3ccc(C45CC6CC(CC(C6)C4)C5)cc3)cc1C2(c1ccccc1)c1ccccc1. The van der Waals surface area contributed by atoms with Crippen molar-refractivity contribution < 1.29 is 0 Å². The number of hydrogen-bond acceptors (Lipinski definition) is 1. The van der Waals surface area contributed by atoms with Crippen LogP contribution in [0.4, 0.5) is 17.1 Å². The molecule has 5 aliphatic carbocycles. The van der Waals surface area contributed by atoms with E-state index < -0.39 is 5.41 Å². The molecule has 0 N–H and O–H groups in total. The number of nitrogens with zero attached hydrogens (tertiary/aromatic N) is 1. The van der Waals surface area contributed by atoms with Crippen molar-refractivity contribution in [2.45, 2.75) is 56.3 Å². The summed E-state index contributed by atoms with van der Waals surface area (Å²) in [6, 6.07) is 75.3. The summed E-state index contributed by atoms with van der Waals surface area (Å²) in [5.74, 6) is 2.75. The molecule has 0 unspecified atom stereocenters. The van der Waals surface area contributed by atoms with E-state index in [9.17, 15) is 0 Å². The van der Waals surface area contributed by atoms with Gasteiger partial charge in [0.15, 0.2) is 0 Å². The average Bonchev–Trinajstić information content (AvgIpc) is 3.61. The van der Waals surface area contributed by atoms with Gasteiger partial charge in [0, 0.05) is 17.1 Å². The van der Waals surface area contributed by atoms with E-state index in [4.69, 9.17) is 0 Å². The van der Waals surface area contributed by atoms with Crippen LogP contribution in [0.1, 0.15) is 71.9 Å². The normalized spacial score (nSPS) is 21.5. The van der Waals surface area contributed by atoms with Crippen molar-refractivity contribution in [1.29, 1.82) is 0 Å². The molecular weight excluding hydrogens is 735 g/mol. The zero-order valence-corrected chi connectivity index (χ0v) is 35.0. The minimum absolute atomic E-state index is 0.355. The summed E-state index contributed by atoms with van der Waals surface area (Å²) in [6.07, 6.45) is 8.52. The topological polar surface area (TPSA) is 3.24 Å². The van der Waals surface area contributed by atoms with Crippen molar-refractivity contribution >= 4 is 17.1 Å². The van der Waals surface area contributed by atoms with E-state index in [0.717, 1.165) is 23.4 Å². The zero-order chi connectivity index (χ0) is 40.5. The molecule has 0 aliphatic heterocycles. The van der Waals surface area contributed by atoms with Gasteiger partial charge in [0.2, 0.25) is 0 Å². The monoisotopic (exact) mass is 785 g/mol. The number of anilines is 3. The highest BCUT2D eigenvalue weighted by atomic mass is 15.1. The highest BCUT2D eigenvalue weighted by molar-refractivity contribution is 5.91. The van der Waals surface area contributed by atoms with Gasteiger partial charge in [0.1, 0.15) is 0 Å². The summed E-state index contributed by atoms with van der Waals surface area (Å²) in [6.45, 7) is 2.28. The molecule has 0 saturated heterocycles. The van der Waals surface area contributed by atoms with E-state index in [0.29, 0.717) is 5.41 Å². The van der Waals surface area contributed by atoms with Crippen molar-refractivity contribution in [2.24, 2.45) is 17.8 Å². The molecule has 0 radical (unpaired) electrons. The fourth-order valence-corrected chi connectivity index (χ4v) is 13.1. The molecule has 0 spiro atoms. The molecule has 4 fully saturated rings. The van der Waals surface area contributed by atoms with Gasteiger partial charge in [0.25, 0.3) is 0 Å². The lowest BCUT2D eigenvalue weighted by Gasteiger charge is -2.57. The van der Waals surface area contributed by atoms with E-state index in [1.54, 1.807) is 5.56 Å². The Morgan fingerprint density at radius 2 is 0.885 bits per heavy atom. The molecule has 4 bridgehead atoms. The van der Waals surface area contributed by atoms with E-state index in [1.165, 1.54) is 111 Å². The van der Waals surface area contributed by atoms with Crippen LogP contribution in [-0.2, 0) is 10.8 Å². The van der Waals surface area contributed by atoms with Gasteiger partial charge >= 0.3 is 0 Å². The Bertz CT molecular complexity index is 2800. The first-order valence-corrected chi connectivity index (χ1v) is 22.6. The second-order valence-electron chi connectivity index (χ2n) is 18.7. The molecule has 1 heteroatoms. The summed E-state index contributed by atoms with van der Waals surface area (Å²) < 4.78 is 0. The predicted octanol–water partition coefficient (Wildman–Crippen LogP) is 15.6. The van der Waals surface area contributed by atoms with Crippen molar-refractivity contribution in [1.82, 2.24) is 0 Å². The lowest BCUT2D eigenvalue weighted by Crippen LogP contribution is -2.48. The molecule has 0 aromatic heterocycles. The summed E-state index contributed by atoms with van der Waals surface area (Å²) in [5, 5.41) is 0. The summed E-state index contributed by atoms with van der Waals surface area (Å²) in [4.78, 5) is 2.51. The van der Waals surface area contributed by atoms with Crippen molar-refractivity contribution in [3.63, 3.8) is 0 Å². The molecule has 8 aromatic rings. The Morgan fingerprint density at radius 3 is 1.46 bits per heavy atom. The first-order chi connectivity index (χ1) is 30.1. The van der Waals surface area contributed by atoms with Crippen LogP contribution in [0, 0.1) is 24.7 Å². The molecule has 1 nitrogen and oxygen atoms in total. The largest absolute Gasteiger partial charge is 0.310 e. The Hall–Kier alpha value is -6.44. The van der Waals surface area contributed by atoms with Gasteiger partial charge < -0.3 is 4.90 Å². The fourth-order valence-electron chi connectivity index (χ4n) is 13.1. The van der Waals surface area contributed by atoms with Crippen molar-refractivity contribution in [3.8, 4) is 33.4 Å². The van der Waals surface area contributed by atoms with Crippen molar-refractivity contribution in [2.75, 3.05) is 4.90 Å². The van der Waals surface area contributed by atoms with Crippen LogP contribution in [0.5, 0.6) is 0 Å². The molecule has 0 amide bonds. The van der Waals surface area contributed by atoms with Crippen LogP contribution < -0.4 is 4.90 Å². The van der Waals surface area contributed by atoms with Crippen molar-refractivity contribution in [3.05, 3.63) is 234 Å². The fraction of sp³-hybridized carbons (Fsp3) is 0.200. The van der Waals surface area contributed by atoms with Gasteiger partial charge in [-0.15, -0.1) is 0 Å². The summed E-state index contributed by atoms with van der Waals surface area (Å²) in [7, 11) is 0. The first kappa shape index (κ1) is 36.4. The number of benzene rings is 8. The zero-order valence-electron chi connectivity index (χ0n) is 35.0. The second kappa shape index (κ2) is 14.3. The highest BCUT2D eigenvalue weighted by Gasteiger charge is 2.52. The third-order valence-electron chi connectivity index (χ3n) is 15.2. The number of aryl methyl sites for hydroxylation is 1. The Morgan fingerprint density at radius 1 is 0.393 bits per heavy atom. The average molecular weight is 786 g/mol. The lowest BCUT2D eigenvalue weighted by molar-refractivity contribution is -0.00518. The summed E-state index contributed by atoms with van der Waals surface area (Å²) >= 11 is 0. The number of fused-ring (bicyclic) bond motifs is 3. The van der Waals surface area contributed by atoms with Gasteiger partial charge in [0.05, 0.1) is 5.41 Å². The van der Waals surface area contributed by atoms with E-state index in [2.05, 4.69) is 212 Å². The standard InChI is InChI=1S/C60H51N/c1-41-14-13-23-56-58(41)55-33-32-52(37-57(55)60(56,48-17-7-3-8-18-48)49-19-9-4-10-20-49)61(51-30-26-47(27-31-51)59-38-42-34-43(39-59)36-44(35-42)40-59)50-28-24-46(25-29-50)54-22-12-11-21-53(54)45-15-5-2-6-16-45/h2-33,37,42-44H,34-36,38-40H2,1H3. The van der Waals surface area contributed by atoms with E-state index >= 15 is 0 Å². The predicted molar refractivity (Wildman–Crippen MR) is 254 cm³/mol. The van der Waals surface area contributed by atoms with Crippen LogP contribution in [0.25, 0.3) is 33.4 Å². The quantitative estimate of drug-likeness (QED) is 0.148. The third-order valence-corrected chi connectivity index (χ3v) is 15.2. The number of rotatable bonds is 8. The maximum atomic E-state index is 2.51. The van der Waals surface area contributed by atoms with E-state index in [1.807, 2.05) is 0 Å². The number of hydrogen-bond donors (Lipinski definition) is 0. The van der Waals surface area contributed by atoms with Gasteiger partial charge in [-0.1, -0.05) is 164 Å². The minimum Gasteiger partial charge on any atom is -0.310 e. The molecule has 8 aromatic carbocycles. The van der Waals surface area contributed by atoms with Crippen LogP contribution in [-0.4, -0.2) is 0 Å². The van der Waals surface area contributed by atoms with Gasteiger partial charge in [-0.2, -0.15) is 0 Å². The van der Waals surface area contributed by atoms with E-state index in [-0.39, 0.29) is 0 Å². The van der Waals surface area contributed by atoms with Gasteiger partial charge in [-0.05, 0) is 172 Å². The molecular formula is C60H51N. The Kier molecular flexibility index (Phi) is 8.56. The smallest absolute Gasteiger partial charge is 0.0714 e. The molecule has 0 atom stereocenters. The third kappa shape index (κ3) is 5.81. The van der Waals surface area contributed by atoms with Gasteiger partial charge in [-0.3, -0.25) is 0 Å².